The van der Waals surface area contributed by atoms with Crippen LogP contribution in [0.15, 0.2) is 69.9 Å². The summed E-state index contributed by atoms with van der Waals surface area (Å²) in [6, 6.07) is 13.2. The van der Waals surface area contributed by atoms with Crippen LogP contribution in [-0.2, 0) is 30.2 Å². The van der Waals surface area contributed by atoms with Gasteiger partial charge in [-0.2, -0.15) is 0 Å². The standard InChI is InChI=1S/C20H19N3O7S3/c24-18(7-4-12-32(27,28)14-15-5-2-1-3-6-15)22-20-21-13-19(31-20)33(29,30)17-10-8-16(9-11-17)23(25)26/h1-3,5-6,8-11,13H,4,7,12,14H2,(H,21,22,24). The Kier molecular flexibility index (Phi) is 7.56. The van der Waals surface area contributed by atoms with Gasteiger partial charge < -0.3 is 5.32 Å². The van der Waals surface area contributed by atoms with Gasteiger partial charge in [-0.1, -0.05) is 41.7 Å². The third-order valence-electron chi connectivity index (χ3n) is 4.44. The average Bonchev–Trinajstić information content (AvgIpc) is 3.23. The third kappa shape index (κ3) is 6.66. The number of hydrogen-bond donors (Lipinski definition) is 1. The first-order chi connectivity index (χ1) is 15.6. The molecule has 0 aliphatic carbocycles. The molecule has 0 saturated carbocycles. The van der Waals surface area contributed by atoms with Crippen LogP contribution in [0.2, 0.25) is 0 Å². The zero-order chi connectivity index (χ0) is 24.1. The Bertz CT molecular complexity index is 1350. The van der Waals surface area contributed by atoms with E-state index < -0.39 is 30.5 Å². The molecule has 1 heterocycles. The number of amides is 1. The summed E-state index contributed by atoms with van der Waals surface area (Å²) in [4.78, 5) is 26.0. The molecule has 1 aromatic heterocycles. The SMILES string of the molecule is O=C(CCCS(=O)(=O)Cc1ccccc1)Nc1ncc(S(=O)(=O)c2ccc([N+](=O)[O-])cc2)s1. The zero-order valence-corrected chi connectivity index (χ0v) is 19.5. The number of sulfone groups is 2. The average molecular weight is 510 g/mol. The first-order valence-electron chi connectivity index (χ1n) is 9.56. The Balaban J connectivity index is 1.55. The summed E-state index contributed by atoms with van der Waals surface area (Å²) in [5, 5.41) is 13.2. The van der Waals surface area contributed by atoms with E-state index in [0.29, 0.717) is 5.56 Å². The minimum absolute atomic E-state index is 0.0487. The second-order valence-corrected chi connectivity index (χ2v) is 12.4. The Morgan fingerprint density at radius 1 is 1.03 bits per heavy atom. The molecule has 1 amide bonds. The fraction of sp³-hybridized carbons (Fsp3) is 0.200. The van der Waals surface area contributed by atoms with Gasteiger partial charge in [0.1, 0.15) is 4.21 Å². The largest absolute Gasteiger partial charge is 0.302 e. The van der Waals surface area contributed by atoms with E-state index in [1.165, 1.54) is 0 Å². The summed E-state index contributed by atoms with van der Waals surface area (Å²) in [6.07, 6.45) is 1.12. The second-order valence-electron chi connectivity index (χ2n) is 6.97. The van der Waals surface area contributed by atoms with Crippen molar-refractivity contribution in [2.45, 2.75) is 27.7 Å². The number of aromatic nitrogens is 1. The van der Waals surface area contributed by atoms with Gasteiger partial charge in [-0.25, -0.2) is 21.8 Å². The van der Waals surface area contributed by atoms with Crippen molar-refractivity contribution in [3.8, 4) is 0 Å². The minimum atomic E-state index is -3.96. The van der Waals surface area contributed by atoms with Crippen molar-refractivity contribution in [2.24, 2.45) is 0 Å². The predicted octanol–water partition coefficient (Wildman–Crippen LogP) is 3.22. The number of benzene rings is 2. The highest BCUT2D eigenvalue weighted by Crippen LogP contribution is 2.29. The molecular weight excluding hydrogens is 490 g/mol. The third-order valence-corrected chi connectivity index (χ3v) is 9.27. The molecule has 33 heavy (non-hydrogen) atoms. The monoisotopic (exact) mass is 509 g/mol. The fourth-order valence-electron chi connectivity index (χ4n) is 2.84. The van der Waals surface area contributed by atoms with Crippen molar-refractivity contribution >= 4 is 47.7 Å². The van der Waals surface area contributed by atoms with Crippen molar-refractivity contribution in [3.05, 3.63) is 76.5 Å². The Morgan fingerprint density at radius 2 is 1.70 bits per heavy atom. The summed E-state index contributed by atoms with van der Waals surface area (Å²) >= 11 is 0.731. The van der Waals surface area contributed by atoms with E-state index >= 15 is 0 Å². The van der Waals surface area contributed by atoms with Crippen molar-refractivity contribution < 1.29 is 26.6 Å². The van der Waals surface area contributed by atoms with E-state index in [1.54, 1.807) is 30.3 Å². The van der Waals surface area contributed by atoms with Crippen LogP contribution in [0, 0.1) is 10.1 Å². The quantitative estimate of drug-likeness (QED) is 0.323. The number of non-ortho nitro benzene ring substituents is 1. The van der Waals surface area contributed by atoms with Gasteiger partial charge in [0, 0.05) is 18.6 Å². The van der Waals surface area contributed by atoms with Gasteiger partial charge in [-0.3, -0.25) is 14.9 Å². The molecule has 0 radical (unpaired) electrons. The lowest BCUT2D eigenvalue weighted by atomic mass is 10.2. The fourth-order valence-corrected chi connectivity index (χ4v) is 6.72. The molecule has 174 valence electrons. The van der Waals surface area contributed by atoms with Gasteiger partial charge in [0.2, 0.25) is 15.7 Å². The predicted molar refractivity (Wildman–Crippen MR) is 122 cm³/mol. The maximum absolute atomic E-state index is 12.7. The van der Waals surface area contributed by atoms with Crippen LogP contribution in [-0.4, -0.2) is 38.4 Å². The van der Waals surface area contributed by atoms with E-state index in [0.717, 1.165) is 41.8 Å². The number of nitrogens with one attached hydrogen (secondary N) is 1. The number of hydrogen-bond acceptors (Lipinski definition) is 9. The lowest BCUT2D eigenvalue weighted by Gasteiger charge is -2.05. The highest BCUT2D eigenvalue weighted by molar-refractivity contribution is 7.93. The molecule has 0 saturated heterocycles. The molecule has 3 aromatic rings. The minimum Gasteiger partial charge on any atom is -0.302 e. The Hall–Kier alpha value is -3.16. The number of thiazole rings is 1. The van der Waals surface area contributed by atoms with E-state index in [1.807, 2.05) is 0 Å². The molecule has 0 aliphatic heterocycles. The topological polar surface area (TPSA) is 153 Å². The van der Waals surface area contributed by atoms with Gasteiger partial charge in [-0.05, 0) is 24.1 Å². The lowest BCUT2D eigenvalue weighted by Crippen LogP contribution is -2.15. The van der Waals surface area contributed by atoms with Crippen LogP contribution in [0.1, 0.15) is 18.4 Å². The molecule has 0 atom stereocenters. The molecule has 3 rings (SSSR count). The number of carbonyl (C=O) groups excluding carboxylic acids is 1. The maximum atomic E-state index is 12.7. The molecular formula is C20H19N3O7S3. The Labute approximate surface area is 194 Å². The smallest absolute Gasteiger partial charge is 0.269 e. The molecule has 2 aromatic carbocycles. The van der Waals surface area contributed by atoms with Gasteiger partial charge in [0.15, 0.2) is 15.0 Å². The van der Waals surface area contributed by atoms with Crippen LogP contribution >= 0.6 is 11.3 Å². The van der Waals surface area contributed by atoms with Gasteiger partial charge in [-0.15, -0.1) is 0 Å². The van der Waals surface area contributed by atoms with E-state index in [-0.39, 0.29) is 44.3 Å². The molecule has 1 N–H and O–H groups in total. The number of anilines is 1. The zero-order valence-electron chi connectivity index (χ0n) is 17.1. The van der Waals surface area contributed by atoms with Crippen molar-refractivity contribution in [1.82, 2.24) is 4.98 Å². The van der Waals surface area contributed by atoms with E-state index in [4.69, 9.17) is 0 Å². The van der Waals surface area contributed by atoms with Gasteiger partial charge in [0.05, 0.1) is 27.5 Å². The van der Waals surface area contributed by atoms with Crippen LogP contribution in [0.3, 0.4) is 0 Å². The molecule has 0 spiro atoms. The van der Waals surface area contributed by atoms with Crippen LogP contribution in [0.25, 0.3) is 0 Å². The summed E-state index contributed by atoms with van der Waals surface area (Å²) in [5.41, 5.74) is 0.434. The molecule has 0 bridgehead atoms. The van der Waals surface area contributed by atoms with Gasteiger partial charge in [0.25, 0.3) is 5.69 Å². The van der Waals surface area contributed by atoms with Crippen LogP contribution in [0.4, 0.5) is 10.8 Å². The molecule has 0 fully saturated rings. The number of nitro benzene ring substituents is 1. The Morgan fingerprint density at radius 3 is 2.33 bits per heavy atom. The molecule has 13 heteroatoms. The second kappa shape index (κ2) is 10.2. The maximum Gasteiger partial charge on any atom is 0.269 e. The van der Waals surface area contributed by atoms with Crippen molar-refractivity contribution in [2.75, 3.05) is 11.1 Å². The molecule has 0 unspecified atom stereocenters. The summed E-state index contributed by atoms with van der Waals surface area (Å²) in [6.45, 7) is 0. The van der Waals surface area contributed by atoms with E-state index in [9.17, 15) is 31.7 Å². The first-order valence-corrected chi connectivity index (χ1v) is 13.7. The van der Waals surface area contributed by atoms with Gasteiger partial charge >= 0.3 is 0 Å². The van der Waals surface area contributed by atoms with Crippen LogP contribution < -0.4 is 5.32 Å². The number of nitrogens with zero attached hydrogens (tertiary/aromatic N) is 2. The van der Waals surface area contributed by atoms with Crippen molar-refractivity contribution in [3.63, 3.8) is 0 Å². The summed E-state index contributed by atoms with van der Waals surface area (Å²) in [5.74, 6) is -0.753. The summed E-state index contributed by atoms with van der Waals surface area (Å²) < 4.78 is 49.6. The van der Waals surface area contributed by atoms with E-state index in [2.05, 4.69) is 10.3 Å². The normalized spacial score (nSPS) is 11.8. The first kappa shape index (κ1) is 24.5. The van der Waals surface area contributed by atoms with Crippen LogP contribution in [0.5, 0.6) is 0 Å². The summed E-state index contributed by atoms with van der Waals surface area (Å²) in [7, 11) is -7.33. The lowest BCUT2D eigenvalue weighted by molar-refractivity contribution is -0.384. The molecule has 10 nitrogen and oxygen atoms in total. The number of carbonyl (C=O) groups is 1. The molecule has 0 aliphatic rings. The highest BCUT2D eigenvalue weighted by Gasteiger charge is 2.22. The number of rotatable bonds is 10. The number of nitro groups is 1. The van der Waals surface area contributed by atoms with Crippen molar-refractivity contribution in [1.29, 1.82) is 0 Å². The highest BCUT2D eigenvalue weighted by atomic mass is 32.2.